The van der Waals surface area contributed by atoms with Gasteiger partial charge in [0.1, 0.15) is 16.8 Å². The Morgan fingerprint density at radius 3 is 2.91 bits per heavy atom. The summed E-state index contributed by atoms with van der Waals surface area (Å²) in [5, 5.41) is 24.5. The van der Waals surface area contributed by atoms with Crippen LogP contribution in [0.4, 0.5) is 10.7 Å². The maximum Gasteiger partial charge on any atom is 0.314 e. The number of carbonyl (C=O) groups is 1. The summed E-state index contributed by atoms with van der Waals surface area (Å²) >= 11 is 1.20. The Hall–Kier alpha value is -3.12. The van der Waals surface area contributed by atoms with Gasteiger partial charge in [-0.15, -0.1) is 11.3 Å². The van der Waals surface area contributed by atoms with E-state index < -0.39 is 17.4 Å². The van der Waals surface area contributed by atoms with Gasteiger partial charge in [-0.25, -0.2) is 0 Å². The first kappa shape index (κ1) is 16.3. The fraction of sp³-hybridized carbons (Fsp3) is 0.143. The molecular formula is C14H11N3O5S. The van der Waals surface area contributed by atoms with Crippen LogP contribution < -0.4 is 14.8 Å². The molecule has 0 unspecified atom stereocenters. The van der Waals surface area contributed by atoms with Crippen molar-refractivity contribution in [2.75, 3.05) is 19.0 Å². The summed E-state index contributed by atoms with van der Waals surface area (Å²) in [6, 6.07) is 7.58. The van der Waals surface area contributed by atoms with E-state index in [-0.39, 0.29) is 11.4 Å². The highest BCUT2D eigenvalue weighted by molar-refractivity contribution is 7.14. The lowest BCUT2D eigenvalue weighted by Crippen LogP contribution is -2.20. The summed E-state index contributed by atoms with van der Waals surface area (Å²) in [4.78, 5) is 22.2. The molecular weight excluding hydrogens is 322 g/mol. The zero-order valence-electron chi connectivity index (χ0n) is 11.9. The van der Waals surface area contributed by atoms with Gasteiger partial charge < -0.3 is 14.8 Å². The van der Waals surface area contributed by atoms with Crippen LogP contribution in [0, 0.1) is 21.4 Å². The molecule has 118 valence electrons. The molecule has 0 aliphatic heterocycles. The highest BCUT2D eigenvalue weighted by atomic mass is 32.1. The van der Waals surface area contributed by atoms with Gasteiger partial charge in [0.15, 0.2) is 12.4 Å². The molecule has 0 spiro atoms. The number of nitro groups is 1. The van der Waals surface area contributed by atoms with Gasteiger partial charge >= 0.3 is 5.69 Å². The molecule has 1 aromatic heterocycles. The largest absolute Gasteiger partial charge is 0.496 e. The first-order chi connectivity index (χ1) is 11.0. The van der Waals surface area contributed by atoms with Crippen molar-refractivity contribution in [3.63, 3.8) is 0 Å². The van der Waals surface area contributed by atoms with Gasteiger partial charge in [0.2, 0.25) is 0 Å². The minimum atomic E-state index is -0.622. The molecule has 8 nitrogen and oxygen atoms in total. The Morgan fingerprint density at radius 1 is 1.48 bits per heavy atom. The van der Waals surface area contributed by atoms with E-state index in [2.05, 4.69) is 5.32 Å². The Morgan fingerprint density at radius 2 is 2.26 bits per heavy atom. The van der Waals surface area contributed by atoms with E-state index in [1.807, 2.05) is 6.07 Å². The van der Waals surface area contributed by atoms with Crippen molar-refractivity contribution in [2.45, 2.75) is 0 Å². The molecule has 1 N–H and O–H groups in total. The van der Waals surface area contributed by atoms with Crippen LogP contribution in [0.5, 0.6) is 11.5 Å². The number of nitrogens with one attached hydrogen (secondary N) is 1. The van der Waals surface area contributed by atoms with Gasteiger partial charge in [0.25, 0.3) is 5.91 Å². The normalized spacial score (nSPS) is 9.74. The van der Waals surface area contributed by atoms with Crippen molar-refractivity contribution in [2.24, 2.45) is 0 Å². The first-order valence-corrected chi connectivity index (χ1v) is 7.15. The number of methoxy groups -OCH3 is 1. The molecule has 0 atom stereocenters. The number of anilines is 1. The average molecular weight is 333 g/mol. The lowest BCUT2D eigenvalue weighted by Gasteiger charge is -2.08. The summed E-state index contributed by atoms with van der Waals surface area (Å²) < 4.78 is 10.1. The Bertz CT molecular complexity index is 781. The highest BCUT2D eigenvalue weighted by Crippen LogP contribution is 2.31. The van der Waals surface area contributed by atoms with Gasteiger partial charge in [0.05, 0.1) is 23.7 Å². The molecule has 0 bridgehead atoms. The molecule has 0 radical (unpaired) electrons. The van der Waals surface area contributed by atoms with Crippen LogP contribution in [-0.4, -0.2) is 24.5 Å². The predicted octanol–water partition coefficient (Wildman–Crippen LogP) is 2.55. The summed E-state index contributed by atoms with van der Waals surface area (Å²) in [7, 11) is 1.39. The third-order valence-electron chi connectivity index (χ3n) is 2.76. The number of nitro benzene ring substituents is 1. The van der Waals surface area contributed by atoms with Crippen molar-refractivity contribution < 1.29 is 19.2 Å². The quantitative estimate of drug-likeness (QED) is 0.642. The van der Waals surface area contributed by atoms with Gasteiger partial charge in [-0.1, -0.05) is 0 Å². The molecule has 2 aromatic rings. The third kappa shape index (κ3) is 3.96. The maximum absolute atomic E-state index is 11.8. The summed E-state index contributed by atoms with van der Waals surface area (Å²) in [5.74, 6) is -0.252. The van der Waals surface area contributed by atoms with E-state index in [0.717, 1.165) is 0 Å². The second-order valence-corrected chi connectivity index (χ2v) is 5.12. The van der Waals surface area contributed by atoms with Crippen LogP contribution in [0.1, 0.15) is 5.56 Å². The minimum absolute atomic E-state index is 0.0439. The van der Waals surface area contributed by atoms with E-state index in [1.54, 1.807) is 11.4 Å². The lowest BCUT2D eigenvalue weighted by molar-refractivity contribution is -0.385. The van der Waals surface area contributed by atoms with Gasteiger partial charge in [-0.05, 0) is 23.6 Å². The summed E-state index contributed by atoms with van der Waals surface area (Å²) in [5.41, 5.74) is 0.0461. The first-order valence-electron chi connectivity index (χ1n) is 6.28. The number of carbonyl (C=O) groups excluding carboxylic acids is 1. The Labute approximate surface area is 135 Å². The smallest absolute Gasteiger partial charge is 0.314 e. The molecule has 0 saturated carbocycles. The van der Waals surface area contributed by atoms with Crippen LogP contribution in [0.3, 0.4) is 0 Å². The van der Waals surface area contributed by atoms with Crippen molar-refractivity contribution in [3.05, 3.63) is 45.3 Å². The molecule has 23 heavy (non-hydrogen) atoms. The van der Waals surface area contributed by atoms with Crippen LogP contribution in [0.2, 0.25) is 0 Å². The fourth-order valence-corrected chi connectivity index (χ4v) is 2.44. The zero-order valence-corrected chi connectivity index (χ0v) is 12.8. The van der Waals surface area contributed by atoms with Crippen molar-refractivity contribution in [1.82, 2.24) is 0 Å². The number of amides is 1. The lowest BCUT2D eigenvalue weighted by atomic mass is 10.3. The summed E-state index contributed by atoms with van der Waals surface area (Å²) in [6.07, 6.45) is 0. The molecule has 0 fully saturated rings. The number of nitrogens with zero attached hydrogens (tertiary/aromatic N) is 2. The molecule has 1 heterocycles. The molecule has 1 aromatic carbocycles. The van der Waals surface area contributed by atoms with Crippen LogP contribution in [0.15, 0.2) is 29.6 Å². The zero-order chi connectivity index (χ0) is 16.8. The number of hydrogen-bond donors (Lipinski definition) is 1. The van der Waals surface area contributed by atoms with Crippen molar-refractivity contribution >= 4 is 27.9 Å². The van der Waals surface area contributed by atoms with Crippen LogP contribution in [0.25, 0.3) is 0 Å². The second kappa shape index (κ2) is 7.24. The van der Waals surface area contributed by atoms with Gasteiger partial charge in [0, 0.05) is 0 Å². The van der Waals surface area contributed by atoms with Gasteiger partial charge in [-0.2, -0.15) is 5.26 Å². The molecule has 2 rings (SSSR count). The van der Waals surface area contributed by atoms with Gasteiger partial charge in [-0.3, -0.25) is 14.9 Å². The second-order valence-electron chi connectivity index (χ2n) is 4.20. The third-order valence-corrected chi connectivity index (χ3v) is 3.59. The van der Waals surface area contributed by atoms with Crippen molar-refractivity contribution in [3.8, 4) is 17.6 Å². The number of benzene rings is 1. The number of hydrogen-bond acceptors (Lipinski definition) is 7. The Balaban J connectivity index is 2.04. The van der Waals surface area contributed by atoms with Crippen LogP contribution in [-0.2, 0) is 4.79 Å². The molecule has 1 amide bonds. The fourth-order valence-electron chi connectivity index (χ4n) is 1.69. The standard InChI is InChI=1S/C14H11N3O5S/c1-21-10-2-3-12(11(6-10)17(19)20)22-8-13(18)16-14-9(7-15)4-5-23-14/h2-6H,8H2,1H3,(H,16,18). The topological polar surface area (TPSA) is 114 Å². The van der Waals surface area contributed by atoms with E-state index in [1.165, 1.54) is 36.6 Å². The molecule has 0 saturated heterocycles. The molecule has 0 aliphatic carbocycles. The molecule has 9 heteroatoms. The average Bonchev–Trinajstić information content (AvgIpc) is 2.99. The predicted molar refractivity (Wildman–Crippen MR) is 82.8 cm³/mol. The molecule has 0 aliphatic rings. The van der Waals surface area contributed by atoms with E-state index in [9.17, 15) is 14.9 Å². The monoisotopic (exact) mass is 333 g/mol. The van der Waals surface area contributed by atoms with E-state index in [0.29, 0.717) is 16.3 Å². The highest BCUT2D eigenvalue weighted by Gasteiger charge is 2.18. The van der Waals surface area contributed by atoms with E-state index >= 15 is 0 Å². The number of rotatable bonds is 6. The number of ether oxygens (including phenoxy) is 2. The van der Waals surface area contributed by atoms with E-state index in [4.69, 9.17) is 14.7 Å². The van der Waals surface area contributed by atoms with Crippen molar-refractivity contribution in [1.29, 1.82) is 5.26 Å². The summed E-state index contributed by atoms with van der Waals surface area (Å²) in [6.45, 7) is -0.421. The Kier molecular flexibility index (Phi) is 5.11. The number of nitriles is 1. The maximum atomic E-state index is 11.8. The van der Waals surface area contributed by atoms with Crippen LogP contribution >= 0.6 is 11.3 Å². The number of thiophene rings is 1. The minimum Gasteiger partial charge on any atom is -0.496 e. The SMILES string of the molecule is COc1ccc(OCC(=O)Nc2sccc2C#N)c([N+](=O)[O-])c1.